The summed E-state index contributed by atoms with van der Waals surface area (Å²) in [5.41, 5.74) is 5.85. The molecule has 0 aliphatic carbocycles. The molecule has 1 fully saturated rings. The van der Waals surface area contributed by atoms with Crippen LogP contribution in [0, 0.1) is 5.92 Å². The number of rotatable bonds is 8. The van der Waals surface area contributed by atoms with Crippen molar-refractivity contribution in [3.63, 3.8) is 0 Å². The maximum absolute atomic E-state index is 12.8. The largest absolute Gasteiger partial charge is 0.497 e. The molecule has 1 heterocycles. The van der Waals surface area contributed by atoms with E-state index in [4.69, 9.17) is 10.5 Å². The number of carbonyl (C=O) groups excluding carboxylic acids is 1. The predicted octanol–water partition coefficient (Wildman–Crippen LogP) is 2.15. The Balaban J connectivity index is 0.00000392. The molecule has 0 radical (unpaired) electrons. The van der Waals surface area contributed by atoms with Gasteiger partial charge in [0.1, 0.15) is 5.75 Å². The molecule has 0 saturated carbocycles. The molecule has 0 aromatic heterocycles. The summed E-state index contributed by atoms with van der Waals surface area (Å²) in [5, 5.41) is 2.95. The summed E-state index contributed by atoms with van der Waals surface area (Å²) in [4.78, 5) is 12.7. The second-order valence-corrected chi connectivity index (χ2v) is 9.08. The Morgan fingerprint density at radius 3 is 2.21 bits per heavy atom. The zero-order valence-electron chi connectivity index (χ0n) is 16.8. The zero-order chi connectivity index (χ0) is 20.1. The average molecular weight is 434 g/mol. The number of benzene rings is 1. The molecule has 3 N–H and O–H groups in total. The Morgan fingerprint density at radius 1 is 1.21 bits per heavy atom. The Morgan fingerprint density at radius 2 is 1.75 bits per heavy atom. The minimum absolute atomic E-state index is 0. The number of halogens is 1. The fourth-order valence-corrected chi connectivity index (χ4v) is 4.63. The van der Waals surface area contributed by atoms with Gasteiger partial charge in [0, 0.05) is 31.1 Å². The van der Waals surface area contributed by atoms with Crippen LogP contribution in [0.3, 0.4) is 0 Å². The van der Waals surface area contributed by atoms with Crippen molar-refractivity contribution >= 4 is 28.3 Å². The first-order valence-corrected chi connectivity index (χ1v) is 10.9. The minimum atomic E-state index is -3.55. The van der Waals surface area contributed by atoms with E-state index in [1.807, 2.05) is 13.8 Å². The van der Waals surface area contributed by atoms with E-state index in [0.717, 1.165) is 12.8 Å². The second kappa shape index (κ2) is 10.4. The van der Waals surface area contributed by atoms with Crippen molar-refractivity contribution in [3.8, 4) is 5.75 Å². The van der Waals surface area contributed by atoms with Gasteiger partial charge < -0.3 is 15.8 Å². The lowest BCUT2D eigenvalue weighted by Gasteiger charge is -2.32. The summed E-state index contributed by atoms with van der Waals surface area (Å²) in [6.07, 6.45) is 2.61. The van der Waals surface area contributed by atoms with Crippen molar-refractivity contribution in [3.05, 3.63) is 24.3 Å². The number of nitrogens with one attached hydrogen (secondary N) is 1. The second-order valence-electron chi connectivity index (χ2n) is 7.14. The van der Waals surface area contributed by atoms with Crippen molar-refractivity contribution in [2.75, 3.05) is 26.7 Å². The highest BCUT2D eigenvalue weighted by Gasteiger charge is 2.32. The van der Waals surface area contributed by atoms with E-state index in [1.165, 1.54) is 11.4 Å². The van der Waals surface area contributed by atoms with Crippen LogP contribution in [0.15, 0.2) is 29.2 Å². The molecule has 1 aliphatic rings. The summed E-state index contributed by atoms with van der Waals surface area (Å²) < 4.78 is 32.0. The van der Waals surface area contributed by atoms with E-state index in [-0.39, 0.29) is 34.7 Å². The molecule has 7 nitrogen and oxygen atoms in total. The number of hydrogen-bond donors (Lipinski definition) is 2. The number of hydrogen-bond acceptors (Lipinski definition) is 5. The molecule has 28 heavy (non-hydrogen) atoms. The normalized spacial score (nSPS) is 16.3. The van der Waals surface area contributed by atoms with Gasteiger partial charge in [-0.15, -0.1) is 12.4 Å². The Kier molecular flexibility index (Phi) is 9.20. The lowest BCUT2D eigenvalue weighted by molar-refractivity contribution is -0.126. The molecule has 2 rings (SSSR count). The molecule has 0 bridgehead atoms. The van der Waals surface area contributed by atoms with Gasteiger partial charge in [0.15, 0.2) is 0 Å². The molecule has 1 saturated heterocycles. The average Bonchev–Trinajstić information content (AvgIpc) is 2.71. The van der Waals surface area contributed by atoms with Crippen LogP contribution < -0.4 is 15.8 Å². The van der Waals surface area contributed by atoms with E-state index in [1.54, 1.807) is 24.3 Å². The molecule has 0 atom stereocenters. The number of sulfonamides is 1. The first-order valence-electron chi connectivity index (χ1n) is 9.46. The number of nitrogens with two attached hydrogens (primary N) is 1. The number of methoxy groups -OCH3 is 1. The topological polar surface area (TPSA) is 102 Å². The maximum Gasteiger partial charge on any atom is 0.243 e. The highest BCUT2D eigenvalue weighted by Crippen LogP contribution is 2.25. The fourth-order valence-electron chi connectivity index (χ4n) is 3.16. The van der Waals surface area contributed by atoms with Gasteiger partial charge in [0.2, 0.25) is 15.9 Å². The van der Waals surface area contributed by atoms with E-state index in [2.05, 4.69) is 5.32 Å². The van der Waals surface area contributed by atoms with Crippen molar-refractivity contribution in [2.45, 2.75) is 50.0 Å². The Bertz CT molecular complexity index is 728. The van der Waals surface area contributed by atoms with Gasteiger partial charge in [0.25, 0.3) is 0 Å². The van der Waals surface area contributed by atoms with Gasteiger partial charge in [0.05, 0.1) is 12.0 Å². The summed E-state index contributed by atoms with van der Waals surface area (Å²) in [7, 11) is -2.02. The maximum atomic E-state index is 12.8. The van der Waals surface area contributed by atoms with Crippen LogP contribution in [-0.4, -0.2) is 50.9 Å². The highest BCUT2D eigenvalue weighted by atomic mass is 35.5. The third kappa shape index (κ3) is 5.83. The van der Waals surface area contributed by atoms with Crippen LogP contribution in [-0.2, 0) is 14.8 Å². The van der Waals surface area contributed by atoms with Crippen LogP contribution in [0.5, 0.6) is 5.75 Å². The summed E-state index contributed by atoms with van der Waals surface area (Å²) in [6.45, 7) is 5.14. The molecular weight excluding hydrogens is 402 g/mol. The number of amides is 1. The van der Waals surface area contributed by atoms with E-state index < -0.39 is 10.0 Å². The van der Waals surface area contributed by atoms with Crippen molar-refractivity contribution < 1.29 is 17.9 Å². The molecule has 9 heteroatoms. The number of nitrogens with zero attached hydrogens (tertiary/aromatic N) is 1. The van der Waals surface area contributed by atoms with Crippen LogP contribution >= 0.6 is 12.4 Å². The van der Waals surface area contributed by atoms with Crippen molar-refractivity contribution in [1.29, 1.82) is 0 Å². The number of ether oxygens (including phenoxy) is 1. The Labute approximate surface area is 174 Å². The van der Waals surface area contributed by atoms with Gasteiger partial charge in [-0.25, -0.2) is 8.42 Å². The molecule has 160 valence electrons. The molecule has 1 aromatic rings. The zero-order valence-corrected chi connectivity index (χ0v) is 18.4. The lowest BCUT2D eigenvalue weighted by atomic mass is 9.93. The predicted molar refractivity (Wildman–Crippen MR) is 112 cm³/mol. The highest BCUT2D eigenvalue weighted by molar-refractivity contribution is 7.89. The van der Waals surface area contributed by atoms with Gasteiger partial charge in [-0.05, 0) is 49.9 Å². The molecule has 1 aliphatic heterocycles. The first kappa shape index (κ1) is 24.7. The van der Waals surface area contributed by atoms with E-state index in [9.17, 15) is 13.2 Å². The van der Waals surface area contributed by atoms with Crippen LogP contribution in [0.2, 0.25) is 0 Å². The number of carbonyl (C=O) groups is 1. The summed E-state index contributed by atoms with van der Waals surface area (Å²) in [5.74, 6) is 0.401. The Hall–Kier alpha value is -1.35. The molecule has 1 amide bonds. The first-order chi connectivity index (χ1) is 12.8. The molecular formula is C19H32ClN3O4S. The number of piperidine rings is 1. The van der Waals surface area contributed by atoms with Crippen molar-refractivity contribution in [1.82, 2.24) is 9.62 Å². The summed E-state index contributed by atoms with van der Waals surface area (Å²) >= 11 is 0. The lowest BCUT2D eigenvalue weighted by Crippen LogP contribution is -2.51. The fraction of sp³-hybridized carbons (Fsp3) is 0.632. The van der Waals surface area contributed by atoms with Gasteiger partial charge >= 0.3 is 0 Å². The molecule has 0 unspecified atom stereocenters. The summed E-state index contributed by atoms with van der Waals surface area (Å²) in [6, 6.07) is 6.35. The van der Waals surface area contributed by atoms with Gasteiger partial charge in [-0.1, -0.05) is 13.8 Å². The van der Waals surface area contributed by atoms with Crippen LogP contribution in [0.25, 0.3) is 0 Å². The molecule has 1 aromatic carbocycles. The van der Waals surface area contributed by atoms with Gasteiger partial charge in [-0.3, -0.25) is 4.79 Å². The quantitative estimate of drug-likeness (QED) is 0.654. The monoisotopic (exact) mass is 433 g/mol. The minimum Gasteiger partial charge on any atom is -0.497 e. The molecule has 0 spiro atoms. The van der Waals surface area contributed by atoms with Gasteiger partial charge in [-0.2, -0.15) is 4.31 Å². The standard InChI is InChI=1S/C19H31N3O4S.ClH/c1-4-19(20,5-2)14-21-18(23)15-10-12-22(13-11-15)27(24,25)17-8-6-16(26-3)7-9-17;/h6-9,15H,4-5,10-14,20H2,1-3H3,(H,21,23);1H. The van der Waals surface area contributed by atoms with E-state index >= 15 is 0 Å². The SMILES string of the molecule is CCC(N)(CC)CNC(=O)C1CCN(S(=O)(=O)c2ccc(OC)cc2)CC1.Cl. The van der Waals surface area contributed by atoms with Crippen molar-refractivity contribution in [2.24, 2.45) is 11.7 Å². The third-order valence-corrected chi connectivity index (χ3v) is 7.46. The van der Waals surface area contributed by atoms with E-state index in [0.29, 0.717) is 38.2 Å². The van der Waals surface area contributed by atoms with Crippen LogP contribution in [0.1, 0.15) is 39.5 Å². The van der Waals surface area contributed by atoms with Crippen LogP contribution in [0.4, 0.5) is 0 Å². The smallest absolute Gasteiger partial charge is 0.243 e. The third-order valence-electron chi connectivity index (χ3n) is 5.54.